The number of ether oxygens (including phenoxy) is 1. The largest absolute Gasteiger partial charge is 0.493 e. The van der Waals surface area contributed by atoms with Crippen LogP contribution < -0.4 is 0 Å². The fourth-order valence-corrected chi connectivity index (χ4v) is 3.37. The van der Waals surface area contributed by atoms with Crippen molar-refractivity contribution >= 4 is 41.4 Å². The molecule has 0 aliphatic rings. The van der Waals surface area contributed by atoms with Gasteiger partial charge in [-0.2, -0.15) is 0 Å². The lowest BCUT2D eigenvalue weighted by molar-refractivity contribution is 0.0601. The van der Waals surface area contributed by atoms with Gasteiger partial charge in [0.05, 0.1) is 37.4 Å². The fourth-order valence-electron chi connectivity index (χ4n) is 2.19. The summed E-state index contributed by atoms with van der Waals surface area (Å²) in [5.41, 5.74) is 0.796. The maximum absolute atomic E-state index is 11.8. The zero-order valence-corrected chi connectivity index (χ0v) is 14.8. The Morgan fingerprint density at radius 3 is 2.92 bits per heavy atom. The van der Waals surface area contributed by atoms with Gasteiger partial charge in [0.25, 0.3) is 0 Å². The Morgan fingerprint density at radius 1 is 1.40 bits per heavy atom. The molecule has 0 spiro atoms. The number of thiazole rings is 1. The van der Waals surface area contributed by atoms with Crippen molar-refractivity contribution in [1.29, 1.82) is 0 Å². The number of benzene rings is 1. The van der Waals surface area contributed by atoms with E-state index in [1.807, 2.05) is 0 Å². The first kappa shape index (κ1) is 17.1. The molecule has 0 saturated heterocycles. The molecule has 0 bridgehead atoms. The summed E-state index contributed by atoms with van der Waals surface area (Å²) < 4.78 is 12.1. The zero-order valence-electron chi connectivity index (χ0n) is 13.2. The van der Waals surface area contributed by atoms with Crippen molar-refractivity contribution in [1.82, 2.24) is 4.57 Å². The summed E-state index contributed by atoms with van der Waals surface area (Å²) in [4.78, 5) is 16.6. The molecular formula is C17H14N2O4S2. The third kappa shape index (κ3) is 3.70. The molecule has 2 heterocycles. The number of hydrogen-bond acceptors (Lipinski definition) is 7. The van der Waals surface area contributed by atoms with Crippen molar-refractivity contribution in [3.8, 4) is 5.88 Å². The normalized spacial score (nSPS) is 11.1. The van der Waals surface area contributed by atoms with Gasteiger partial charge in [-0.25, -0.2) is 4.79 Å². The highest BCUT2D eigenvalue weighted by molar-refractivity contribution is 7.73. The number of rotatable bonds is 5. The summed E-state index contributed by atoms with van der Waals surface area (Å²) in [5, 5.41) is 10.4. The molecule has 8 heteroatoms. The highest BCUT2D eigenvalue weighted by atomic mass is 32.1. The van der Waals surface area contributed by atoms with E-state index in [2.05, 4.69) is 4.99 Å². The van der Waals surface area contributed by atoms with Crippen molar-refractivity contribution in [3.63, 3.8) is 0 Å². The van der Waals surface area contributed by atoms with Crippen molar-refractivity contribution in [3.05, 3.63) is 62.8 Å². The molecule has 0 amide bonds. The number of hydrogen-bond donors (Lipinski definition) is 1. The van der Waals surface area contributed by atoms with Crippen LogP contribution in [0.15, 0.2) is 52.1 Å². The van der Waals surface area contributed by atoms with E-state index >= 15 is 0 Å². The topological polar surface area (TPSA) is 77.0 Å². The SMILES string of the molecule is COC(=O)c1ccccc1N=Cc1sc(=S)n(Cc2ccco2)c1O. The second-order valence-electron chi connectivity index (χ2n) is 4.99. The van der Waals surface area contributed by atoms with Gasteiger partial charge in [-0.15, -0.1) is 0 Å². The summed E-state index contributed by atoms with van der Waals surface area (Å²) in [6, 6.07) is 10.4. The summed E-state index contributed by atoms with van der Waals surface area (Å²) in [7, 11) is 1.31. The molecule has 2 aromatic heterocycles. The number of carbonyl (C=O) groups excluding carboxylic acids is 1. The number of methoxy groups -OCH3 is 1. The van der Waals surface area contributed by atoms with Gasteiger partial charge in [0.15, 0.2) is 3.95 Å². The minimum absolute atomic E-state index is 0.00528. The number of para-hydroxylation sites is 1. The van der Waals surface area contributed by atoms with Gasteiger partial charge in [0, 0.05) is 0 Å². The van der Waals surface area contributed by atoms with Crippen molar-refractivity contribution < 1.29 is 19.1 Å². The predicted octanol–water partition coefficient (Wildman–Crippen LogP) is 4.16. The molecule has 128 valence electrons. The van der Waals surface area contributed by atoms with Crippen LogP contribution in [0.3, 0.4) is 0 Å². The summed E-state index contributed by atoms with van der Waals surface area (Å²) >= 11 is 6.52. The highest BCUT2D eigenvalue weighted by Crippen LogP contribution is 2.27. The Morgan fingerprint density at radius 2 is 2.20 bits per heavy atom. The van der Waals surface area contributed by atoms with E-state index in [4.69, 9.17) is 21.4 Å². The Labute approximate surface area is 152 Å². The second-order valence-corrected chi connectivity index (χ2v) is 6.66. The molecule has 0 saturated carbocycles. The molecule has 1 N–H and O–H groups in total. The van der Waals surface area contributed by atoms with Gasteiger partial charge >= 0.3 is 5.97 Å². The molecule has 0 radical (unpaired) electrons. The van der Waals surface area contributed by atoms with E-state index in [1.54, 1.807) is 47.2 Å². The van der Waals surface area contributed by atoms with Crippen molar-refractivity contribution in [2.24, 2.45) is 4.99 Å². The van der Waals surface area contributed by atoms with Crippen LogP contribution in [0.1, 0.15) is 21.0 Å². The number of aromatic nitrogens is 1. The number of nitrogens with zero attached hydrogens (tertiary/aromatic N) is 2. The van der Waals surface area contributed by atoms with Gasteiger partial charge in [0.2, 0.25) is 5.88 Å². The molecule has 0 atom stereocenters. The number of aliphatic imine (C=N–C) groups is 1. The lowest BCUT2D eigenvalue weighted by Crippen LogP contribution is -2.01. The van der Waals surface area contributed by atoms with Gasteiger partial charge in [-0.05, 0) is 36.5 Å². The third-order valence-corrected chi connectivity index (χ3v) is 4.79. The quantitative estimate of drug-likeness (QED) is 0.412. The van der Waals surface area contributed by atoms with Crippen LogP contribution in [0.5, 0.6) is 5.88 Å². The van der Waals surface area contributed by atoms with Crippen molar-refractivity contribution in [2.75, 3.05) is 7.11 Å². The third-order valence-electron chi connectivity index (χ3n) is 3.42. The number of furan rings is 1. The van der Waals surface area contributed by atoms with E-state index in [9.17, 15) is 9.90 Å². The van der Waals surface area contributed by atoms with Gasteiger partial charge < -0.3 is 14.3 Å². The maximum Gasteiger partial charge on any atom is 0.340 e. The number of aromatic hydroxyl groups is 1. The molecule has 0 unspecified atom stereocenters. The Bertz CT molecular complexity index is 971. The average molecular weight is 374 g/mol. The first-order chi connectivity index (χ1) is 12.1. The minimum atomic E-state index is -0.472. The van der Waals surface area contributed by atoms with Gasteiger partial charge in [-0.3, -0.25) is 9.56 Å². The second kappa shape index (κ2) is 7.45. The molecule has 3 aromatic rings. The van der Waals surface area contributed by atoms with E-state index in [1.165, 1.54) is 24.7 Å². The molecule has 6 nitrogen and oxygen atoms in total. The maximum atomic E-state index is 11.8. The Balaban J connectivity index is 1.91. The molecule has 0 fully saturated rings. The van der Waals surface area contributed by atoms with E-state index in [0.717, 1.165) is 0 Å². The highest BCUT2D eigenvalue weighted by Gasteiger charge is 2.13. The lowest BCUT2D eigenvalue weighted by Gasteiger charge is -2.03. The molecule has 0 aliphatic heterocycles. The number of carbonyl (C=O) groups is 1. The van der Waals surface area contributed by atoms with Crippen molar-refractivity contribution in [2.45, 2.75) is 6.54 Å². The lowest BCUT2D eigenvalue weighted by atomic mass is 10.2. The Kier molecular flexibility index (Phi) is 5.11. The minimum Gasteiger partial charge on any atom is -0.493 e. The monoisotopic (exact) mass is 374 g/mol. The van der Waals surface area contributed by atoms with Crippen LogP contribution in [0.25, 0.3) is 0 Å². The van der Waals surface area contributed by atoms with Crippen LogP contribution in [-0.4, -0.2) is 29.0 Å². The molecule has 25 heavy (non-hydrogen) atoms. The van der Waals surface area contributed by atoms with Crippen LogP contribution in [-0.2, 0) is 11.3 Å². The summed E-state index contributed by atoms with van der Waals surface area (Å²) in [6.07, 6.45) is 3.05. The standard InChI is InChI=1S/C17H14N2O4S2/c1-22-16(21)12-6-2-3-7-13(12)18-9-14-15(20)19(17(24)25-14)10-11-5-4-8-23-11/h2-9,20H,10H2,1H3. The number of esters is 1. The average Bonchev–Trinajstić information content (AvgIpc) is 3.23. The van der Waals surface area contributed by atoms with Gasteiger partial charge in [-0.1, -0.05) is 23.5 Å². The molecule has 0 aliphatic carbocycles. The fraction of sp³-hybridized carbons (Fsp3) is 0.118. The predicted molar refractivity (Wildman–Crippen MR) is 97.7 cm³/mol. The first-order valence-electron chi connectivity index (χ1n) is 7.26. The van der Waals surface area contributed by atoms with Gasteiger partial charge in [0.1, 0.15) is 10.6 Å². The van der Waals surface area contributed by atoms with Crippen LogP contribution in [0, 0.1) is 3.95 Å². The molecule has 3 rings (SSSR count). The summed E-state index contributed by atoms with van der Waals surface area (Å²) in [6.45, 7) is 0.334. The van der Waals surface area contributed by atoms with Crippen LogP contribution in [0.2, 0.25) is 0 Å². The summed E-state index contributed by atoms with van der Waals surface area (Å²) in [5.74, 6) is 0.217. The van der Waals surface area contributed by atoms with Crippen LogP contribution in [0.4, 0.5) is 5.69 Å². The van der Waals surface area contributed by atoms with E-state index < -0.39 is 5.97 Å². The van der Waals surface area contributed by atoms with Crippen LogP contribution >= 0.6 is 23.6 Å². The Hall–Kier alpha value is -2.71. The molecule has 1 aromatic carbocycles. The zero-order chi connectivity index (χ0) is 17.8. The van der Waals surface area contributed by atoms with E-state index in [0.29, 0.717) is 32.4 Å². The van der Waals surface area contributed by atoms with E-state index in [-0.39, 0.29) is 5.88 Å². The molecular weight excluding hydrogens is 360 g/mol. The first-order valence-corrected chi connectivity index (χ1v) is 8.49. The smallest absolute Gasteiger partial charge is 0.340 e.